The van der Waals surface area contributed by atoms with E-state index in [1.165, 1.54) is 0 Å². The smallest absolute Gasteiger partial charge is 0.254 e. The van der Waals surface area contributed by atoms with Crippen LogP contribution in [0.2, 0.25) is 0 Å². The molecule has 0 aliphatic rings. The number of anilines is 2. The van der Waals surface area contributed by atoms with Crippen molar-refractivity contribution in [2.24, 2.45) is 0 Å². The van der Waals surface area contributed by atoms with E-state index >= 15 is 0 Å². The van der Waals surface area contributed by atoms with E-state index in [0.29, 0.717) is 11.6 Å². The molecule has 0 fully saturated rings. The Kier molecular flexibility index (Phi) is 2.94. The first kappa shape index (κ1) is 12.1. The predicted molar refractivity (Wildman–Crippen MR) is 77.7 cm³/mol. The zero-order chi connectivity index (χ0) is 13.4. The number of fused-ring (bicyclic) bond motifs is 1. The summed E-state index contributed by atoms with van der Waals surface area (Å²) in [7, 11) is 0. The van der Waals surface area contributed by atoms with Gasteiger partial charge in [-0.15, -0.1) is 5.10 Å². The van der Waals surface area contributed by atoms with Crippen molar-refractivity contribution in [2.45, 2.75) is 13.8 Å². The third-order valence-electron chi connectivity index (χ3n) is 2.68. The lowest BCUT2D eigenvalue weighted by Gasteiger charge is -2.09. The summed E-state index contributed by atoms with van der Waals surface area (Å²) in [5.41, 5.74) is 1.87. The molecule has 0 unspecified atom stereocenters. The van der Waals surface area contributed by atoms with Crippen LogP contribution in [0.25, 0.3) is 5.78 Å². The first-order valence-corrected chi connectivity index (χ1v) is 6.65. The normalized spacial score (nSPS) is 10.9. The Hall–Kier alpha value is -1.95. The molecule has 0 saturated carbocycles. The lowest BCUT2D eigenvalue weighted by atomic mass is 10.3. The van der Waals surface area contributed by atoms with Gasteiger partial charge in [0.2, 0.25) is 0 Å². The fourth-order valence-corrected chi connectivity index (χ4v) is 2.26. The highest BCUT2D eigenvalue weighted by Gasteiger charge is 2.08. The van der Waals surface area contributed by atoms with Crippen molar-refractivity contribution in [3.8, 4) is 0 Å². The van der Waals surface area contributed by atoms with Gasteiger partial charge in [0, 0.05) is 16.2 Å². The number of nitrogens with one attached hydrogen (secondary N) is 1. The summed E-state index contributed by atoms with van der Waals surface area (Å²) in [6.45, 7) is 3.79. The number of rotatable bonds is 2. The van der Waals surface area contributed by atoms with Crippen molar-refractivity contribution in [1.29, 1.82) is 0 Å². The summed E-state index contributed by atoms with van der Waals surface area (Å²) in [6.07, 6.45) is 0. The van der Waals surface area contributed by atoms with Crippen LogP contribution in [0.1, 0.15) is 11.5 Å². The van der Waals surface area contributed by atoms with Crippen molar-refractivity contribution >= 4 is 33.2 Å². The molecule has 3 rings (SSSR count). The maximum atomic E-state index is 4.36. The first-order chi connectivity index (χ1) is 9.13. The number of hydrogen-bond donors (Lipinski definition) is 1. The average molecular weight is 318 g/mol. The van der Waals surface area contributed by atoms with E-state index in [1.54, 1.807) is 4.52 Å². The molecule has 0 bridgehead atoms. The second kappa shape index (κ2) is 4.62. The van der Waals surface area contributed by atoms with Crippen LogP contribution in [0.4, 0.5) is 11.5 Å². The number of aromatic nitrogens is 4. The minimum atomic E-state index is 0.604. The maximum Gasteiger partial charge on any atom is 0.254 e. The minimum absolute atomic E-state index is 0.604. The highest BCUT2D eigenvalue weighted by Crippen LogP contribution is 2.25. The van der Waals surface area contributed by atoms with Gasteiger partial charge in [-0.1, -0.05) is 12.1 Å². The van der Waals surface area contributed by atoms with Gasteiger partial charge in [0.05, 0.1) is 5.69 Å². The topological polar surface area (TPSA) is 55.1 Å². The van der Waals surface area contributed by atoms with Crippen LogP contribution >= 0.6 is 15.9 Å². The van der Waals surface area contributed by atoms with Crippen molar-refractivity contribution in [3.05, 3.63) is 46.3 Å². The molecule has 1 aromatic carbocycles. The van der Waals surface area contributed by atoms with Crippen molar-refractivity contribution in [3.63, 3.8) is 0 Å². The van der Waals surface area contributed by atoms with E-state index in [9.17, 15) is 0 Å². The molecule has 0 saturated heterocycles. The van der Waals surface area contributed by atoms with Crippen molar-refractivity contribution < 1.29 is 0 Å². The quantitative estimate of drug-likeness (QED) is 0.788. The fourth-order valence-electron chi connectivity index (χ4n) is 1.88. The molecule has 0 aliphatic carbocycles. The Balaban J connectivity index is 2.12. The summed E-state index contributed by atoms with van der Waals surface area (Å²) < 4.78 is 2.70. The van der Waals surface area contributed by atoms with E-state index in [4.69, 9.17) is 0 Å². The second-order valence-corrected chi connectivity index (χ2v) is 5.11. The van der Waals surface area contributed by atoms with E-state index in [0.717, 1.165) is 21.7 Å². The largest absolute Gasteiger partial charge is 0.339 e. The van der Waals surface area contributed by atoms with Gasteiger partial charge < -0.3 is 5.32 Å². The van der Waals surface area contributed by atoms with Crippen molar-refractivity contribution in [1.82, 2.24) is 19.6 Å². The van der Waals surface area contributed by atoms with E-state index < -0.39 is 0 Å². The Morgan fingerprint density at radius 2 is 1.95 bits per heavy atom. The molecule has 0 radical (unpaired) electrons. The number of halogens is 1. The molecule has 0 amide bonds. The second-order valence-electron chi connectivity index (χ2n) is 4.26. The van der Waals surface area contributed by atoms with Gasteiger partial charge >= 0.3 is 0 Å². The number of hydrogen-bond acceptors (Lipinski definition) is 4. The SMILES string of the molecule is Cc1cc(Nc2ccccc2Br)n2nc(C)nc2n1. The van der Waals surface area contributed by atoms with Crippen LogP contribution in [0, 0.1) is 13.8 Å². The lowest BCUT2D eigenvalue weighted by molar-refractivity contribution is 0.916. The van der Waals surface area contributed by atoms with Crippen LogP contribution in [0.15, 0.2) is 34.8 Å². The molecule has 6 heteroatoms. The van der Waals surface area contributed by atoms with Crippen LogP contribution in [-0.2, 0) is 0 Å². The lowest BCUT2D eigenvalue weighted by Crippen LogP contribution is -2.03. The van der Waals surface area contributed by atoms with Crippen LogP contribution in [0.3, 0.4) is 0 Å². The monoisotopic (exact) mass is 317 g/mol. The third kappa shape index (κ3) is 2.31. The van der Waals surface area contributed by atoms with Gasteiger partial charge in [-0.2, -0.15) is 9.50 Å². The molecule has 2 heterocycles. The standard InChI is InChI=1S/C13H12BrN5/c1-8-7-12(17-11-6-4-3-5-10(11)14)19-13(15-8)16-9(2)18-19/h3-7,17H,1-2H3. The molecule has 96 valence electrons. The van der Waals surface area contributed by atoms with Gasteiger partial charge in [0.1, 0.15) is 11.6 Å². The van der Waals surface area contributed by atoms with E-state index in [-0.39, 0.29) is 0 Å². The highest BCUT2D eigenvalue weighted by molar-refractivity contribution is 9.10. The Labute approximate surface area is 118 Å². The first-order valence-electron chi connectivity index (χ1n) is 5.86. The molecule has 2 aromatic heterocycles. The average Bonchev–Trinajstić information content (AvgIpc) is 2.72. The molecule has 0 atom stereocenters. The minimum Gasteiger partial charge on any atom is -0.339 e. The molecular weight excluding hydrogens is 306 g/mol. The summed E-state index contributed by atoms with van der Waals surface area (Å²) in [5.74, 6) is 2.15. The van der Waals surface area contributed by atoms with Crippen LogP contribution in [-0.4, -0.2) is 19.6 Å². The predicted octanol–water partition coefficient (Wildman–Crippen LogP) is 3.25. The number of nitrogens with zero attached hydrogens (tertiary/aromatic N) is 4. The molecule has 19 heavy (non-hydrogen) atoms. The summed E-state index contributed by atoms with van der Waals surface area (Å²) in [6, 6.07) is 9.88. The number of benzene rings is 1. The maximum absolute atomic E-state index is 4.36. The number of aryl methyl sites for hydroxylation is 2. The molecule has 1 N–H and O–H groups in total. The number of para-hydroxylation sites is 1. The molecular formula is C13H12BrN5. The molecule has 0 aliphatic heterocycles. The Morgan fingerprint density at radius 3 is 2.74 bits per heavy atom. The van der Waals surface area contributed by atoms with E-state index in [2.05, 4.69) is 36.3 Å². The van der Waals surface area contributed by atoms with Gasteiger partial charge in [0.25, 0.3) is 5.78 Å². The molecule has 5 nitrogen and oxygen atoms in total. The van der Waals surface area contributed by atoms with Gasteiger partial charge in [-0.3, -0.25) is 0 Å². The Bertz CT molecular complexity index is 750. The fraction of sp³-hybridized carbons (Fsp3) is 0.154. The van der Waals surface area contributed by atoms with Crippen LogP contribution < -0.4 is 5.32 Å². The van der Waals surface area contributed by atoms with E-state index in [1.807, 2.05) is 44.2 Å². The third-order valence-corrected chi connectivity index (χ3v) is 3.37. The highest BCUT2D eigenvalue weighted by atomic mass is 79.9. The van der Waals surface area contributed by atoms with Gasteiger partial charge in [-0.05, 0) is 41.9 Å². The molecule has 0 spiro atoms. The zero-order valence-corrected chi connectivity index (χ0v) is 12.1. The Morgan fingerprint density at radius 1 is 1.16 bits per heavy atom. The van der Waals surface area contributed by atoms with Gasteiger partial charge in [0.15, 0.2) is 0 Å². The summed E-state index contributed by atoms with van der Waals surface area (Å²) >= 11 is 3.52. The summed E-state index contributed by atoms with van der Waals surface area (Å²) in [5, 5.41) is 7.69. The van der Waals surface area contributed by atoms with Gasteiger partial charge in [-0.25, -0.2) is 4.98 Å². The van der Waals surface area contributed by atoms with Crippen LogP contribution in [0.5, 0.6) is 0 Å². The van der Waals surface area contributed by atoms with Crippen molar-refractivity contribution in [2.75, 3.05) is 5.32 Å². The zero-order valence-electron chi connectivity index (χ0n) is 10.6. The summed E-state index contributed by atoms with van der Waals surface area (Å²) in [4.78, 5) is 8.65. The molecule has 3 aromatic rings.